The van der Waals surface area contributed by atoms with E-state index >= 15 is 0 Å². The topological polar surface area (TPSA) is 51.2 Å². The number of anilines is 1. The van der Waals surface area contributed by atoms with Crippen molar-refractivity contribution in [3.63, 3.8) is 0 Å². The van der Waals surface area contributed by atoms with Gasteiger partial charge in [-0.3, -0.25) is 4.79 Å². The number of rotatable bonds is 3. The fourth-order valence-corrected chi connectivity index (χ4v) is 3.65. The standard InChI is InChI=1S/C18H16N2O2S/c21-17(13-9-10-22-11-13)19-14-7-5-12(6-8-14)18-20-15-3-1-2-4-16(15)23-18/h1-8,13H,9-11H2,(H,19,21). The van der Waals surface area contributed by atoms with Gasteiger partial charge in [0.25, 0.3) is 0 Å². The molecule has 0 spiro atoms. The number of benzene rings is 2. The number of nitrogens with zero attached hydrogens (tertiary/aromatic N) is 1. The molecule has 23 heavy (non-hydrogen) atoms. The Balaban J connectivity index is 1.52. The summed E-state index contributed by atoms with van der Waals surface area (Å²) >= 11 is 1.68. The van der Waals surface area contributed by atoms with Crippen LogP contribution >= 0.6 is 11.3 Å². The van der Waals surface area contributed by atoms with E-state index in [1.807, 2.05) is 42.5 Å². The lowest BCUT2D eigenvalue weighted by molar-refractivity contribution is -0.119. The number of fused-ring (bicyclic) bond motifs is 1. The van der Waals surface area contributed by atoms with Gasteiger partial charge in [0.1, 0.15) is 5.01 Å². The lowest BCUT2D eigenvalue weighted by atomic mass is 10.1. The second-order valence-corrected chi connectivity index (χ2v) is 6.64. The predicted molar refractivity (Wildman–Crippen MR) is 92.6 cm³/mol. The number of aromatic nitrogens is 1. The number of nitrogens with one attached hydrogen (secondary N) is 1. The number of hydrogen-bond acceptors (Lipinski definition) is 4. The van der Waals surface area contributed by atoms with Crippen molar-refractivity contribution in [3.05, 3.63) is 48.5 Å². The molecule has 0 radical (unpaired) electrons. The minimum absolute atomic E-state index is 0.0288. The van der Waals surface area contributed by atoms with Gasteiger partial charge < -0.3 is 10.1 Å². The first-order chi connectivity index (χ1) is 11.3. The maximum absolute atomic E-state index is 12.1. The van der Waals surface area contributed by atoms with Crippen molar-refractivity contribution in [1.82, 2.24) is 4.98 Å². The van der Waals surface area contributed by atoms with Crippen LogP contribution in [0, 0.1) is 5.92 Å². The first-order valence-corrected chi connectivity index (χ1v) is 8.46. The van der Waals surface area contributed by atoms with E-state index in [0.29, 0.717) is 13.2 Å². The zero-order valence-electron chi connectivity index (χ0n) is 12.5. The molecule has 3 aromatic rings. The van der Waals surface area contributed by atoms with Crippen LogP contribution in [0.4, 0.5) is 5.69 Å². The lowest BCUT2D eigenvalue weighted by Crippen LogP contribution is -2.22. The van der Waals surface area contributed by atoms with Crippen LogP contribution in [0.5, 0.6) is 0 Å². The summed E-state index contributed by atoms with van der Waals surface area (Å²) in [6.45, 7) is 1.20. The summed E-state index contributed by atoms with van der Waals surface area (Å²) in [6, 6.07) is 16.0. The number of carbonyl (C=O) groups is 1. The molecule has 1 unspecified atom stereocenters. The van der Waals surface area contributed by atoms with Crippen LogP contribution in [0.25, 0.3) is 20.8 Å². The van der Waals surface area contributed by atoms with Crippen molar-refractivity contribution in [2.24, 2.45) is 5.92 Å². The van der Waals surface area contributed by atoms with Crippen molar-refractivity contribution in [2.75, 3.05) is 18.5 Å². The third-order valence-electron chi connectivity index (χ3n) is 3.99. The van der Waals surface area contributed by atoms with Crippen LogP contribution in [0.1, 0.15) is 6.42 Å². The average Bonchev–Trinajstić information content (AvgIpc) is 3.25. The molecule has 4 nitrogen and oxygen atoms in total. The Morgan fingerprint density at radius 3 is 2.74 bits per heavy atom. The van der Waals surface area contributed by atoms with Crippen molar-refractivity contribution in [2.45, 2.75) is 6.42 Å². The van der Waals surface area contributed by atoms with Gasteiger partial charge in [-0.2, -0.15) is 0 Å². The largest absolute Gasteiger partial charge is 0.381 e. The van der Waals surface area contributed by atoms with Crippen LogP contribution in [0.3, 0.4) is 0 Å². The second-order valence-electron chi connectivity index (χ2n) is 5.61. The molecule has 2 aromatic carbocycles. The predicted octanol–water partition coefficient (Wildman–Crippen LogP) is 3.94. The molecule has 1 amide bonds. The van der Waals surface area contributed by atoms with Crippen molar-refractivity contribution in [3.8, 4) is 10.6 Å². The highest BCUT2D eigenvalue weighted by molar-refractivity contribution is 7.21. The van der Waals surface area contributed by atoms with Crippen molar-refractivity contribution < 1.29 is 9.53 Å². The molecule has 1 fully saturated rings. The van der Waals surface area contributed by atoms with Crippen LogP contribution in [-0.2, 0) is 9.53 Å². The third kappa shape index (κ3) is 2.98. The van der Waals surface area contributed by atoms with Gasteiger partial charge in [0.2, 0.25) is 5.91 Å². The fourth-order valence-electron chi connectivity index (χ4n) is 2.68. The van der Waals surface area contributed by atoms with Crippen LogP contribution in [0.2, 0.25) is 0 Å². The second kappa shape index (κ2) is 6.10. The summed E-state index contributed by atoms with van der Waals surface area (Å²) in [4.78, 5) is 16.7. The van der Waals surface area contributed by atoms with E-state index in [0.717, 1.165) is 28.2 Å². The summed E-state index contributed by atoms with van der Waals surface area (Å²) < 4.78 is 6.44. The van der Waals surface area contributed by atoms with E-state index in [-0.39, 0.29) is 11.8 Å². The molecule has 5 heteroatoms. The highest BCUT2D eigenvalue weighted by Gasteiger charge is 2.23. The Kier molecular flexibility index (Phi) is 3.81. The molecule has 0 saturated carbocycles. The zero-order chi connectivity index (χ0) is 15.6. The average molecular weight is 324 g/mol. The monoisotopic (exact) mass is 324 g/mol. The zero-order valence-corrected chi connectivity index (χ0v) is 13.3. The summed E-state index contributed by atoms with van der Waals surface area (Å²) in [6.07, 6.45) is 0.801. The van der Waals surface area contributed by atoms with E-state index in [4.69, 9.17) is 4.74 Å². The number of thiazole rings is 1. The first-order valence-electron chi connectivity index (χ1n) is 7.64. The maximum Gasteiger partial charge on any atom is 0.229 e. The Hall–Kier alpha value is -2.24. The van der Waals surface area contributed by atoms with Gasteiger partial charge in [-0.25, -0.2) is 4.98 Å². The molecular formula is C18H16N2O2S. The molecule has 0 aliphatic carbocycles. The first kappa shape index (κ1) is 14.4. The molecule has 1 aliphatic heterocycles. The molecule has 4 rings (SSSR count). The van der Waals surface area contributed by atoms with Gasteiger partial charge in [-0.1, -0.05) is 12.1 Å². The lowest BCUT2D eigenvalue weighted by Gasteiger charge is -2.09. The maximum atomic E-state index is 12.1. The van der Waals surface area contributed by atoms with E-state index < -0.39 is 0 Å². The molecule has 1 atom stereocenters. The summed E-state index contributed by atoms with van der Waals surface area (Å²) in [5, 5.41) is 3.95. The Morgan fingerprint density at radius 2 is 2.00 bits per heavy atom. The quantitative estimate of drug-likeness (QED) is 0.794. The summed E-state index contributed by atoms with van der Waals surface area (Å²) in [7, 11) is 0. The van der Waals surface area contributed by atoms with Crippen molar-refractivity contribution in [1.29, 1.82) is 0 Å². The molecule has 2 heterocycles. The number of carbonyl (C=O) groups excluding carboxylic acids is 1. The van der Waals surface area contributed by atoms with Crippen molar-refractivity contribution >= 4 is 33.1 Å². The smallest absolute Gasteiger partial charge is 0.229 e. The molecular weight excluding hydrogens is 308 g/mol. The summed E-state index contributed by atoms with van der Waals surface area (Å²) in [5.74, 6) is 0.00850. The van der Waals surface area contributed by atoms with E-state index in [9.17, 15) is 4.79 Å². The molecule has 1 aromatic heterocycles. The van der Waals surface area contributed by atoms with Gasteiger partial charge in [-0.05, 0) is 42.8 Å². The van der Waals surface area contributed by atoms with Crippen LogP contribution in [0.15, 0.2) is 48.5 Å². The molecule has 0 bridgehead atoms. The summed E-state index contributed by atoms with van der Waals surface area (Å²) in [5.41, 5.74) is 2.89. The van der Waals surface area contributed by atoms with Crippen LogP contribution in [-0.4, -0.2) is 24.1 Å². The van der Waals surface area contributed by atoms with E-state index in [1.54, 1.807) is 11.3 Å². The van der Waals surface area contributed by atoms with Gasteiger partial charge in [0, 0.05) is 17.9 Å². The molecule has 116 valence electrons. The van der Waals surface area contributed by atoms with Gasteiger partial charge in [0.15, 0.2) is 0 Å². The van der Waals surface area contributed by atoms with E-state index in [1.165, 1.54) is 4.70 Å². The highest BCUT2D eigenvalue weighted by Crippen LogP contribution is 2.30. The molecule has 1 saturated heterocycles. The number of ether oxygens (including phenoxy) is 1. The number of amides is 1. The minimum atomic E-state index is -0.0288. The fraction of sp³-hybridized carbons (Fsp3) is 0.222. The van der Waals surface area contributed by atoms with Gasteiger partial charge in [0.05, 0.1) is 22.7 Å². The Labute approximate surface area is 138 Å². The van der Waals surface area contributed by atoms with Gasteiger partial charge in [-0.15, -0.1) is 11.3 Å². The Morgan fingerprint density at radius 1 is 1.17 bits per heavy atom. The highest BCUT2D eigenvalue weighted by atomic mass is 32.1. The molecule has 1 aliphatic rings. The molecule has 1 N–H and O–H groups in total. The SMILES string of the molecule is O=C(Nc1ccc(-c2nc3ccccc3s2)cc1)C1CCOC1. The van der Waals surface area contributed by atoms with E-state index in [2.05, 4.69) is 16.4 Å². The number of para-hydroxylation sites is 1. The third-order valence-corrected chi connectivity index (χ3v) is 5.08. The number of hydrogen-bond donors (Lipinski definition) is 1. The minimum Gasteiger partial charge on any atom is -0.381 e. The van der Waals surface area contributed by atoms with Crippen LogP contribution < -0.4 is 5.32 Å². The normalized spacial score (nSPS) is 17.5. The Bertz CT molecular complexity index is 803. The van der Waals surface area contributed by atoms with Gasteiger partial charge >= 0.3 is 0 Å².